The highest BCUT2D eigenvalue weighted by Crippen LogP contribution is 2.38. The van der Waals surface area contributed by atoms with E-state index < -0.39 is 30.1 Å². The lowest BCUT2D eigenvalue weighted by atomic mass is 10.1. The number of aromatic nitrogens is 3. The van der Waals surface area contributed by atoms with Crippen LogP contribution >= 0.6 is 57.2 Å². The van der Waals surface area contributed by atoms with Gasteiger partial charge in [-0.3, -0.25) is 33.4 Å². The van der Waals surface area contributed by atoms with Crippen molar-refractivity contribution >= 4 is 155 Å². The molecule has 3 atom stereocenters. The molecule has 0 saturated carbocycles. The number of hydrogen-bond acceptors (Lipinski definition) is 19. The van der Waals surface area contributed by atoms with Gasteiger partial charge in [0.25, 0.3) is 30.1 Å². The number of anilines is 9. The maximum Gasteiger partial charge on any atom is 0.263 e. The van der Waals surface area contributed by atoms with E-state index in [0.29, 0.717) is 107 Å². The number of fused-ring (bicyclic) bond motifs is 2. The summed E-state index contributed by atoms with van der Waals surface area (Å²) in [7, 11) is -11.2. The number of thiazole rings is 3. The van der Waals surface area contributed by atoms with E-state index in [1.165, 1.54) is 100.0 Å². The normalized spacial score (nSPS) is 18.9. The third-order valence-corrected chi connectivity index (χ3v) is 24.5. The molecule has 15 rings (SSSR count). The van der Waals surface area contributed by atoms with E-state index in [4.69, 9.17) is 23.2 Å². The molecule has 0 radical (unpaired) electrons. The van der Waals surface area contributed by atoms with Gasteiger partial charge in [-0.15, -0.1) is 34.0 Å². The Morgan fingerprint density at radius 2 is 0.833 bits per heavy atom. The number of amides is 3. The second-order valence-electron chi connectivity index (χ2n) is 23.1. The lowest BCUT2D eigenvalue weighted by Gasteiger charge is -2.38. The van der Waals surface area contributed by atoms with Crippen LogP contribution in [0.5, 0.6) is 0 Å². The van der Waals surface area contributed by atoms with Gasteiger partial charge in [0.05, 0.1) is 26.4 Å². The van der Waals surface area contributed by atoms with Gasteiger partial charge in [-0.25, -0.2) is 44.6 Å². The van der Waals surface area contributed by atoms with E-state index in [1.54, 1.807) is 85.6 Å². The van der Waals surface area contributed by atoms with E-state index in [0.717, 1.165) is 43.7 Å². The number of halogens is 3. The van der Waals surface area contributed by atoms with Crippen molar-refractivity contribution in [2.24, 2.45) is 0 Å². The van der Waals surface area contributed by atoms with E-state index in [-0.39, 0.29) is 63.5 Å². The molecule has 0 unspecified atom stereocenters. The number of carbonyl (C=O) groups excluding carboxylic acids is 3. The summed E-state index contributed by atoms with van der Waals surface area (Å²) in [6, 6.07) is 37.1. The zero-order valence-corrected chi connectivity index (χ0v) is 57.4. The van der Waals surface area contributed by atoms with Crippen LogP contribution in [0.3, 0.4) is 0 Å². The summed E-state index contributed by atoms with van der Waals surface area (Å²) < 4.78 is 96.8. The third kappa shape index (κ3) is 14.3. The van der Waals surface area contributed by atoms with Crippen LogP contribution in [-0.4, -0.2) is 140 Å². The summed E-state index contributed by atoms with van der Waals surface area (Å²) in [5.74, 6) is -0.276. The van der Waals surface area contributed by atoms with Crippen molar-refractivity contribution in [3.8, 4) is 0 Å². The molecule has 6 aliphatic heterocycles. The molecule has 6 aromatic carbocycles. The molecule has 4 fully saturated rings. The summed E-state index contributed by atoms with van der Waals surface area (Å²) in [6.07, 6.45) is 8.59. The Kier molecular flexibility index (Phi) is 19.4. The van der Waals surface area contributed by atoms with Crippen LogP contribution in [0.2, 0.25) is 10.0 Å². The molecule has 0 aliphatic carbocycles. The molecule has 22 nitrogen and oxygen atoms in total. The number of nitrogens with zero attached hydrogens (tertiary/aromatic N) is 10. The lowest BCUT2D eigenvalue weighted by Crippen LogP contribution is -2.52. The van der Waals surface area contributed by atoms with Gasteiger partial charge >= 0.3 is 0 Å². The quantitative estimate of drug-likeness (QED) is 0.0813. The van der Waals surface area contributed by atoms with Gasteiger partial charge in [0.1, 0.15) is 17.9 Å². The molecule has 31 heteroatoms. The summed E-state index contributed by atoms with van der Waals surface area (Å²) in [4.78, 5) is 65.4. The monoisotopic (exact) mass is 1460 g/mol. The number of benzene rings is 6. The van der Waals surface area contributed by atoms with Crippen molar-refractivity contribution in [2.45, 2.75) is 64.9 Å². The molecule has 4 saturated heterocycles. The first-order valence-corrected chi connectivity index (χ1v) is 38.5. The Balaban J connectivity index is 0.000000188. The van der Waals surface area contributed by atoms with Gasteiger partial charge < -0.3 is 29.4 Å². The highest BCUT2D eigenvalue weighted by Gasteiger charge is 2.42. The SMILES string of the molecule is O=C1[C@@H](N2CCN(c3ccc(Cl)cc3F)CC2)CCN1c1ccc(S(=O)(=O)Nc2nccs2)cc1.O=C1[C@@H](N2CCc3ccc(Cl)cc32)CCN1c1ccc(S(=O)(=O)Nc2nccs2)cc1.O=C1[C@H](N2CCc3ccccc32)CCN1c1ccc(S(=O)(=O)Nc2nccs2)cc1.[HH].[HH].[HH].[HH].[HH]. The highest BCUT2D eigenvalue weighted by atomic mass is 35.5. The van der Waals surface area contributed by atoms with Crippen LogP contribution in [0.25, 0.3) is 0 Å². The Labute approximate surface area is 584 Å². The number of hydrogen-bond donors (Lipinski definition) is 3. The number of sulfonamides is 3. The van der Waals surface area contributed by atoms with Crippen LogP contribution < -0.4 is 43.6 Å². The van der Waals surface area contributed by atoms with Crippen molar-refractivity contribution in [3.05, 3.63) is 195 Å². The summed E-state index contributed by atoms with van der Waals surface area (Å²) in [5, 5.41) is 7.05. The van der Waals surface area contributed by atoms with E-state index >= 15 is 0 Å². The second-order valence-corrected chi connectivity index (χ2v) is 31.7. The van der Waals surface area contributed by atoms with Crippen molar-refractivity contribution in [1.29, 1.82) is 0 Å². The second kappa shape index (κ2) is 28.1. The van der Waals surface area contributed by atoms with Crippen molar-refractivity contribution in [2.75, 3.05) is 102 Å². The third-order valence-electron chi connectivity index (χ3n) is 17.5. The molecule has 0 bridgehead atoms. The molecule has 3 amide bonds. The van der Waals surface area contributed by atoms with Gasteiger partial charge in [-0.2, -0.15) is 0 Å². The Bertz CT molecular complexity index is 4690. The van der Waals surface area contributed by atoms with Gasteiger partial charge in [0.2, 0.25) is 17.7 Å². The lowest BCUT2D eigenvalue weighted by molar-refractivity contribution is -0.122. The molecular weight excluding hydrogens is 1390 g/mol. The maximum absolute atomic E-state index is 14.3. The van der Waals surface area contributed by atoms with Gasteiger partial charge in [-0.1, -0.05) is 47.5 Å². The molecular formula is C65H72Cl2FN13O9S6. The van der Waals surface area contributed by atoms with Crippen LogP contribution in [-0.2, 0) is 57.3 Å². The van der Waals surface area contributed by atoms with Gasteiger partial charge in [-0.05, 0) is 152 Å². The topological polar surface area (TPSA) is 251 Å². The van der Waals surface area contributed by atoms with Gasteiger partial charge in [0.15, 0.2) is 15.4 Å². The molecule has 508 valence electrons. The fourth-order valence-corrected chi connectivity index (χ4v) is 18.5. The minimum absolute atomic E-state index is 0. The fourth-order valence-electron chi connectivity index (χ4n) is 12.8. The fraction of sp³-hybridized carbons (Fsp3) is 0.262. The number of para-hydroxylation sites is 1. The van der Waals surface area contributed by atoms with Crippen LogP contribution in [0.4, 0.5) is 53.9 Å². The zero-order valence-electron chi connectivity index (χ0n) is 51.0. The summed E-state index contributed by atoms with van der Waals surface area (Å²) >= 11 is 15.7. The average Bonchev–Trinajstić information content (AvgIpc) is 1.63. The standard InChI is InChI=1S/C23H23ClFN5O3S2.C21H19ClN4O3S2.C21H20N4O3S2.5H2/c24-16-1-6-20(19(25)15-16)28-10-12-29(13-11-28)21-7-9-30(22(21)31)17-2-4-18(5-3-17)35(32,33)27-23-26-8-14-34-23;22-15-2-1-14-7-10-26(19(14)13-15)18-8-11-25(20(18)27)16-3-5-17(6-4-16)31(28,29)24-21-23-9-12-30-21;26-20-19(25-12-9-15-3-1-2-4-18(15)25)10-13-24(20)16-5-7-17(8-6-16)30(27,28)23-21-22-11-14-29-21;;;;;/h1-6,8,14-15,21H,7,9-13H2,(H,26,27);1-6,9,12-13,18H,7-8,10-11H2,(H,23,24);1-8,11,14,19H,9-10,12-13H2,(H,22,23);5*1H/t21-;18-;19-;;;;;/m001...../s1. The summed E-state index contributed by atoms with van der Waals surface area (Å²) in [5.41, 5.74) is 7.24. The minimum Gasteiger partial charge on any atom is -0.367 e. The molecule has 96 heavy (non-hydrogen) atoms. The maximum atomic E-state index is 14.3. The number of nitrogens with one attached hydrogen (secondary N) is 3. The highest BCUT2D eigenvalue weighted by molar-refractivity contribution is 7.93. The van der Waals surface area contributed by atoms with E-state index in [9.17, 15) is 44.0 Å². The Hall–Kier alpha value is -8.26. The smallest absolute Gasteiger partial charge is 0.263 e. The molecule has 9 aromatic rings. The number of carbonyl (C=O) groups is 3. The van der Waals surface area contributed by atoms with Crippen molar-refractivity contribution < 1.29 is 51.2 Å². The van der Waals surface area contributed by atoms with E-state index in [2.05, 4.69) is 56.0 Å². The van der Waals surface area contributed by atoms with Crippen molar-refractivity contribution in [3.63, 3.8) is 0 Å². The van der Waals surface area contributed by atoms with Crippen LogP contribution in [0, 0.1) is 5.82 Å². The number of piperazine rings is 1. The minimum atomic E-state index is -3.75. The first-order valence-electron chi connectivity index (χ1n) is 30.6. The molecule has 0 spiro atoms. The van der Waals surface area contributed by atoms with Crippen LogP contribution in [0.15, 0.2) is 183 Å². The zero-order chi connectivity index (χ0) is 66.9. The number of rotatable bonds is 16. The van der Waals surface area contributed by atoms with E-state index in [1.807, 2.05) is 35.2 Å². The van der Waals surface area contributed by atoms with Gasteiger partial charge in [0, 0.05) is 139 Å². The average molecular weight is 1460 g/mol. The predicted molar refractivity (Wildman–Crippen MR) is 386 cm³/mol. The largest absolute Gasteiger partial charge is 0.367 e. The van der Waals surface area contributed by atoms with Crippen LogP contribution in [0.1, 0.15) is 37.5 Å². The first kappa shape index (κ1) is 66.4. The molecule has 3 N–H and O–H groups in total. The Morgan fingerprint density at radius 1 is 0.438 bits per heavy atom. The first-order chi connectivity index (χ1) is 46.3. The Morgan fingerprint density at radius 3 is 1.27 bits per heavy atom. The predicted octanol–water partition coefficient (Wildman–Crippen LogP) is 11.8. The molecule has 9 heterocycles. The summed E-state index contributed by atoms with van der Waals surface area (Å²) in [6.45, 7) is 5.91. The molecule has 3 aromatic heterocycles. The van der Waals surface area contributed by atoms with Crippen molar-refractivity contribution in [1.82, 2.24) is 19.9 Å². The molecule has 6 aliphatic rings.